The van der Waals surface area contributed by atoms with E-state index < -0.39 is 0 Å². The van der Waals surface area contributed by atoms with Crippen LogP contribution in [0.1, 0.15) is 30.1 Å². The zero-order valence-corrected chi connectivity index (χ0v) is 8.77. The van der Waals surface area contributed by atoms with Crippen molar-refractivity contribution in [3.63, 3.8) is 0 Å². The molecule has 1 fully saturated rings. The van der Waals surface area contributed by atoms with Crippen molar-refractivity contribution >= 4 is 11.2 Å². The highest BCUT2D eigenvalue weighted by Gasteiger charge is 2.28. The fraction of sp³-hybridized carbons (Fsp3) is 0.455. The van der Waals surface area contributed by atoms with Gasteiger partial charge in [-0.05, 0) is 24.5 Å². The fourth-order valence-corrected chi connectivity index (χ4v) is 1.95. The highest BCUT2D eigenvalue weighted by Crippen LogP contribution is 2.39. The van der Waals surface area contributed by atoms with E-state index in [1.807, 2.05) is 19.3 Å². The van der Waals surface area contributed by atoms with Gasteiger partial charge in [0.05, 0.1) is 0 Å². The van der Waals surface area contributed by atoms with E-state index in [0.29, 0.717) is 12.5 Å². The summed E-state index contributed by atoms with van der Waals surface area (Å²) in [6, 6.07) is 2.04. The van der Waals surface area contributed by atoms with E-state index in [4.69, 9.17) is 5.73 Å². The van der Waals surface area contributed by atoms with Crippen molar-refractivity contribution in [2.24, 2.45) is 12.8 Å². The van der Waals surface area contributed by atoms with Gasteiger partial charge in [0.25, 0.3) is 0 Å². The molecular weight excluding hydrogens is 188 g/mol. The summed E-state index contributed by atoms with van der Waals surface area (Å²) in [5.41, 5.74) is 8.57. The third-order valence-electron chi connectivity index (χ3n) is 2.98. The predicted molar refractivity (Wildman–Crippen MR) is 58.4 cm³/mol. The van der Waals surface area contributed by atoms with Crippen LogP contribution in [0, 0.1) is 0 Å². The lowest BCUT2D eigenvalue weighted by Gasteiger charge is -1.98. The Morgan fingerprint density at radius 1 is 1.53 bits per heavy atom. The van der Waals surface area contributed by atoms with Crippen LogP contribution >= 0.6 is 0 Å². The standard InChI is InChI=1S/C11H14N4/c1-15-10(8-2-3-8)14-9-4-7(5-12)6-13-11(9)15/h4,6,8H,2-3,5,12H2,1H3. The number of hydrogen-bond donors (Lipinski definition) is 1. The maximum Gasteiger partial charge on any atom is 0.159 e. The Morgan fingerprint density at radius 3 is 3.00 bits per heavy atom. The first kappa shape index (κ1) is 8.85. The Bertz CT molecular complexity index is 511. The molecule has 0 aromatic carbocycles. The van der Waals surface area contributed by atoms with Crippen molar-refractivity contribution in [1.29, 1.82) is 0 Å². The number of imidazole rings is 1. The van der Waals surface area contributed by atoms with Crippen molar-refractivity contribution < 1.29 is 0 Å². The second-order valence-corrected chi connectivity index (χ2v) is 4.19. The van der Waals surface area contributed by atoms with Crippen molar-refractivity contribution in [2.45, 2.75) is 25.3 Å². The molecule has 1 saturated carbocycles. The molecule has 0 saturated heterocycles. The van der Waals surface area contributed by atoms with Gasteiger partial charge in [-0.2, -0.15) is 0 Å². The van der Waals surface area contributed by atoms with Gasteiger partial charge in [-0.25, -0.2) is 9.97 Å². The summed E-state index contributed by atoms with van der Waals surface area (Å²) < 4.78 is 2.10. The van der Waals surface area contributed by atoms with E-state index in [-0.39, 0.29) is 0 Å². The van der Waals surface area contributed by atoms with Gasteiger partial charge in [0.1, 0.15) is 11.3 Å². The number of nitrogens with two attached hydrogens (primary N) is 1. The number of hydrogen-bond acceptors (Lipinski definition) is 3. The number of pyridine rings is 1. The van der Waals surface area contributed by atoms with E-state index in [2.05, 4.69) is 14.5 Å². The Kier molecular flexibility index (Phi) is 1.79. The van der Waals surface area contributed by atoms with Gasteiger partial charge in [0.15, 0.2) is 5.65 Å². The Morgan fingerprint density at radius 2 is 2.33 bits per heavy atom. The van der Waals surface area contributed by atoms with Gasteiger partial charge < -0.3 is 10.3 Å². The number of nitrogens with zero attached hydrogens (tertiary/aromatic N) is 3. The molecule has 2 heterocycles. The minimum atomic E-state index is 0.526. The average molecular weight is 202 g/mol. The summed E-state index contributed by atoms with van der Waals surface area (Å²) in [6.45, 7) is 0.526. The minimum absolute atomic E-state index is 0.526. The van der Waals surface area contributed by atoms with Crippen LogP contribution in [0.15, 0.2) is 12.3 Å². The van der Waals surface area contributed by atoms with Crippen LogP contribution < -0.4 is 5.73 Å². The van der Waals surface area contributed by atoms with Gasteiger partial charge in [-0.15, -0.1) is 0 Å². The summed E-state index contributed by atoms with van der Waals surface area (Å²) in [5, 5.41) is 0. The summed E-state index contributed by atoms with van der Waals surface area (Å²) in [5.74, 6) is 1.83. The molecular formula is C11H14N4. The fourth-order valence-electron chi connectivity index (χ4n) is 1.95. The SMILES string of the molecule is Cn1c(C2CC2)nc2cc(CN)cnc21. The Hall–Kier alpha value is -1.42. The first-order chi connectivity index (χ1) is 7.29. The van der Waals surface area contributed by atoms with Crippen molar-refractivity contribution in [2.75, 3.05) is 0 Å². The monoisotopic (exact) mass is 202 g/mol. The first-order valence-electron chi connectivity index (χ1n) is 5.31. The molecule has 0 amide bonds. The molecule has 1 aliphatic carbocycles. The molecule has 3 rings (SSSR count). The quantitative estimate of drug-likeness (QED) is 0.798. The van der Waals surface area contributed by atoms with Crippen molar-refractivity contribution in [3.05, 3.63) is 23.7 Å². The zero-order chi connectivity index (χ0) is 10.4. The van der Waals surface area contributed by atoms with Crippen molar-refractivity contribution in [3.8, 4) is 0 Å². The van der Waals surface area contributed by atoms with E-state index in [1.165, 1.54) is 18.7 Å². The largest absolute Gasteiger partial charge is 0.326 e. The van der Waals surface area contributed by atoms with E-state index in [0.717, 1.165) is 16.7 Å². The van der Waals surface area contributed by atoms with Crippen LogP contribution in [-0.2, 0) is 13.6 Å². The molecule has 0 aliphatic heterocycles. The number of aryl methyl sites for hydroxylation is 1. The van der Waals surface area contributed by atoms with E-state index in [1.54, 1.807) is 0 Å². The third kappa shape index (κ3) is 1.33. The highest BCUT2D eigenvalue weighted by atomic mass is 15.1. The van der Waals surface area contributed by atoms with Gasteiger partial charge in [-0.3, -0.25) is 0 Å². The molecule has 78 valence electrons. The molecule has 15 heavy (non-hydrogen) atoms. The lowest BCUT2D eigenvalue weighted by Crippen LogP contribution is -1.98. The molecule has 1 aliphatic rings. The molecule has 2 aromatic heterocycles. The maximum atomic E-state index is 5.58. The lowest BCUT2D eigenvalue weighted by molar-refractivity contribution is 0.812. The second kappa shape index (κ2) is 3.03. The van der Waals surface area contributed by atoms with E-state index >= 15 is 0 Å². The second-order valence-electron chi connectivity index (χ2n) is 4.19. The predicted octanol–water partition coefficient (Wildman–Crippen LogP) is 1.30. The van der Waals surface area contributed by atoms with Crippen LogP contribution in [0.4, 0.5) is 0 Å². The molecule has 2 aromatic rings. The van der Waals surface area contributed by atoms with Crippen LogP contribution in [-0.4, -0.2) is 14.5 Å². The molecule has 0 unspecified atom stereocenters. The molecule has 4 heteroatoms. The van der Waals surface area contributed by atoms with E-state index in [9.17, 15) is 0 Å². The molecule has 0 spiro atoms. The summed E-state index contributed by atoms with van der Waals surface area (Å²) >= 11 is 0. The summed E-state index contributed by atoms with van der Waals surface area (Å²) in [4.78, 5) is 9.03. The maximum absolute atomic E-state index is 5.58. The third-order valence-corrected chi connectivity index (χ3v) is 2.98. The zero-order valence-electron chi connectivity index (χ0n) is 8.77. The molecule has 4 nitrogen and oxygen atoms in total. The highest BCUT2D eigenvalue weighted by molar-refractivity contribution is 5.72. The minimum Gasteiger partial charge on any atom is -0.326 e. The Labute approximate surface area is 88.1 Å². The normalized spacial score (nSPS) is 16.1. The summed E-state index contributed by atoms with van der Waals surface area (Å²) in [7, 11) is 2.04. The average Bonchev–Trinajstić information content (AvgIpc) is 3.04. The number of aromatic nitrogens is 3. The van der Waals surface area contributed by atoms with Gasteiger partial charge in [0, 0.05) is 25.7 Å². The van der Waals surface area contributed by atoms with Crippen LogP contribution in [0.3, 0.4) is 0 Å². The number of rotatable bonds is 2. The first-order valence-corrected chi connectivity index (χ1v) is 5.31. The van der Waals surface area contributed by atoms with Crippen molar-refractivity contribution in [1.82, 2.24) is 14.5 Å². The molecule has 0 bridgehead atoms. The lowest BCUT2D eigenvalue weighted by atomic mass is 10.3. The summed E-state index contributed by atoms with van der Waals surface area (Å²) in [6.07, 6.45) is 4.36. The smallest absolute Gasteiger partial charge is 0.159 e. The Balaban J connectivity index is 2.20. The van der Waals surface area contributed by atoms with Crippen LogP contribution in [0.2, 0.25) is 0 Å². The van der Waals surface area contributed by atoms with Crippen LogP contribution in [0.5, 0.6) is 0 Å². The van der Waals surface area contributed by atoms with Crippen LogP contribution in [0.25, 0.3) is 11.2 Å². The number of fused-ring (bicyclic) bond motifs is 1. The molecule has 2 N–H and O–H groups in total. The topological polar surface area (TPSA) is 56.7 Å². The van der Waals surface area contributed by atoms with Gasteiger partial charge >= 0.3 is 0 Å². The molecule has 0 radical (unpaired) electrons. The molecule has 0 atom stereocenters. The van der Waals surface area contributed by atoms with Gasteiger partial charge in [-0.1, -0.05) is 0 Å². The van der Waals surface area contributed by atoms with Gasteiger partial charge in [0.2, 0.25) is 0 Å².